The highest BCUT2D eigenvalue weighted by atomic mass is 15.1. The van der Waals surface area contributed by atoms with Crippen LogP contribution in [-0.4, -0.2) is 6.04 Å². The molecule has 1 aromatic heterocycles. The summed E-state index contributed by atoms with van der Waals surface area (Å²) in [5, 5.41) is 1.29. The highest BCUT2D eigenvalue weighted by Gasteiger charge is 2.19. The SMILES string of the molecule is CC(C)N1C=CC(=Cc2cc[n+](C(C)C)c3ccccc23)c2ccccc21. The number of benzene rings is 2. The van der Waals surface area contributed by atoms with Crippen LogP contribution in [0.1, 0.15) is 44.9 Å². The zero-order valence-electron chi connectivity index (χ0n) is 16.6. The lowest BCUT2D eigenvalue weighted by Gasteiger charge is -2.31. The van der Waals surface area contributed by atoms with Crippen LogP contribution in [0.4, 0.5) is 5.69 Å². The predicted molar refractivity (Wildman–Crippen MR) is 116 cm³/mol. The van der Waals surface area contributed by atoms with E-state index in [1.807, 2.05) is 0 Å². The third-order valence-electron chi connectivity index (χ3n) is 5.24. The smallest absolute Gasteiger partial charge is 0.213 e. The maximum absolute atomic E-state index is 2.34. The fourth-order valence-corrected chi connectivity index (χ4v) is 3.87. The van der Waals surface area contributed by atoms with Crippen molar-refractivity contribution in [3.8, 4) is 0 Å². The van der Waals surface area contributed by atoms with Gasteiger partial charge in [0.15, 0.2) is 12.2 Å². The van der Waals surface area contributed by atoms with Crippen molar-refractivity contribution in [3.63, 3.8) is 0 Å². The van der Waals surface area contributed by atoms with E-state index >= 15 is 0 Å². The van der Waals surface area contributed by atoms with Crippen molar-refractivity contribution in [1.82, 2.24) is 0 Å². The van der Waals surface area contributed by atoms with Crippen LogP contribution in [0.5, 0.6) is 0 Å². The predicted octanol–water partition coefficient (Wildman–Crippen LogP) is 5.99. The van der Waals surface area contributed by atoms with Crippen LogP contribution in [0.25, 0.3) is 22.6 Å². The second-order valence-corrected chi connectivity index (χ2v) is 7.72. The van der Waals surface area contributed by atoms with Crippen LogP contribution in [-0.2, 0) is 0 Å². The normalized spacial score (nSPS) is 15.2. The molecular weight excluding hydrogens is 328 g/mol. The zero-order chi connectivity index (χ0) is 19.0. The zero-order valence-corrected chi connectivity index (χ0v) is 16.6. The summed E-state index contributed by atoms with van der Waals surface area (Å²) in [5.41, 5.74) is 6.36. The number of aromatic nitrogens is 1. The number of allylic oxidation sites excluding steroid dienone is 2. The van der Waals surface area contributed by atoms with Gasteiger partial charge in [-0.15, -0.1) is 0 Å². The lowest BCUT2D eigenvalue weighted by molar-refractivity contribution is -0.691. The fraction of sp³-hybridized carbons (Fsp3) is 0.240. The summed E-state index contributed by atoms with van der Waals surface area (Å²) in [6, 6.07) is 20.5. The van der Waals surface area contributed by atoms with Crippen LogP contribution >= 0.6 is 0 Å². The van der Waals surface area contributed by atoms with Gasteiger partial charge in [0.1, 0.15) is 0 Å². The van der Waals surface area contributed by atoms with E-state index in [4.69, 9.17) is 0 Å². The van der Waals surface area contributed by atoms with Crippen molar-refractivity contribution in [3.05, 3.63) is 84.2 Å². The second-order valence-electron chi connectivity index (χ2n) is 7.72. The van der Waals surface area contributed by atoms with Gasteiger partial charge in [0.2, 0.25) is 5.52 Å². The Morgan fingerprint density at radius 2 is 1.63 bits per heavy atom. The topological polar surface area (TPSA) is 7.12 Å². The molecular formula is C25H27N2+. The number of pyridine rings is 1. The van der Waals surface area contributed by atoms with E-state index in [0.717, 1.165) is 0 Å². The molecule has 2 heterocycles. The van der Waals surface area contributed by atoms with Gasteiger partial charge in [-0.2, -0.15) is 4.57 Å². The molecule has 0 N–H and O–H groups in total. The summed E-state index contributed by atoms with van der Waals surface area (Å²) >= 11 is 0. The Morgan fingerprint density at radius 1 is 0.889 bits per heavy atom. The van der Waals surface area contributed by atoms with E-state index in [1.165, 1.54) is 33.3 Å². The molecule has 0 aliphatic carbocycles. The van der Waals surface area contributed by atoms with Crippen molar-refractivity contribution in [2.45, 2.75) is 39.8 Å². The molecule has 0 atom stereocenters. The molecule has 0 radical (unpaired) electrons. The maximum Gasteiger partial charge on any atom is 0.213 e. The molecule has 4 rings (SSSR count). The van der Waals surface area contributed by atoms with Crippen molar-refractivity contribution in [2.24, 2.45) is 0 Å². The monoisotopic (exact) mass is 355 g/mol. The molecule has 0 fully saturated rings. The van der Waals surface area contributed by atoms with Gasteiger partial charge in [0.25, 0.3) is 0 Å². The van der Waals surface area contributed by atoms with Crippen LogP contribution in [0, 0.1) is 0 Å². The van der Waals surface area contributed by atoms with E-state index < -0.39 is 0 Å². The van der Waals surface area contributed by atoms with Crippen LogP contribution in [0.15, 0.2) is 73.1 Å². The highest BCUT2D eigenvalue weighted by molar-refractivity contribution is 5.99. The Bertz CT molecular complexity index is 1040. The summed E-state index contributed by atoms with van der Waals surface area (Å²) in [7, 11) is 0. The first kappa shape index (κ1) is 17.5. The summed E-state index contributed by atoms with van der Waals surface area (Å²) in [6.07, 6.45) is 8.97. The molecule has 0 unspecified atom stereocenters. The minimum atomic E-state index is 0.437. The van der Waals surface area contributed by atoms with Gasteiger partial charge in [-0.3, -0.25) is 0 Å². The first-order valence-corrected chi connectivity index (χ1v) is 9.77. The first-order valence-electron chi connectivity index (χ1n) is 9.77. The van der Waals surface area contributed by atoms with Crippen LogP contribution in [0.2, 0.25) is 0 Å². The lowest BCUT2D eigenvalue weighted by atomic mass is 9.96. The molecule has 0 spiro atoms. The van der Waals surface area contributed by atoms with Crippen molar-refractivity contribution >= 4 is 28.2 Å². The van der Waals surface area contributed by atoms with E-state index in [0.29, 0.717) is 12.1 Å². The molecule has 2 nitrogen and oxygen atoms in total. The number of hydrogen-bond donors (Lipinski definition) is 0. The van der Waals surface area contributed by atoms with E-state index in [1.54, 1.807) is 0 Å². The summed E-state index contributed by atoms with van der Waals surface area (Å²) < 4.78 is 2.34. The second kappa shape index (κ2) is 7.03. The maximum atomic E-state index is 2.34. The summed E-state index contributed by atoms with van der Waals surface area (Å²) in [5.74, 6) is 0. The average Bonchev–Trinajstić information content (AvgIpc) is 2.68. The molecule has 2 aromatic carbocycles. The summed E-state index contributed by atoms with van der Waals surface area (Å²) in [6.45, 7) is 8.91. The van der Waals surface area contributed by atoms with Gasteiger partial charge in [0.05, 0.1) is 5.39 Å². The number of rotatable bonds is 3. The Kier molecular flexibility index (Phi) is 4.57. The van der Waals surface area contributed by atoms with Gasteiger partial charge in [0, 0.05) is 35.6 Å². The molecule has 1 aliphatic heterocycles. The van der Waals surface area contributed by atoms with Gasteiger partial charge in [-0.1, -0.05) is 30.3 Å². The Labute approximate surface area is 162 Å². The van der Waals surface area contributed by atoms with E-state index in [2.05, 4.69) is 116 Å². The molecule has 27 heavy (non-hydrogen) atoms. The van der Waals surface area contributed by atoms with Crippen molar-refractivity contribution in [2.75, 3.05) is 4.90 Å². The Morgan fingerprint density at radius 3 is 2.41 bits per heavy atom. The standard InChI is InChI=1S/C25H27N2/c1-18(2)26-15-13-20(22-9-5-7-11-24(22)26)17-21-14-16-27(19(3)4)25-12-8-6-10-23(21)25/h5-19H,1-4H3/q+1. The fourth-order valence-electron chi connectivity index (χ4n) is 3.87. The van der Waals surface area contributed by atoms with Gasteiger partial charge in [-0.25, -0.2) is 0 Å². The minimum Gasteiger partial charge on any atom is -0.345 e. The number of fused-ring (bicyclic) bond motifs is 2. The molecule has 0 amide bonds. The van der Waals surface area contributed by atoms with Crippen LogP contribution < -0.4 is 9.47 Å². The quantitative estimate of drug-likeness (QED) is 0.523. The number of hydrogen-bond acceptors (Lipinski definition) is 1. The third-order valence-corrected chi connectivity index (χ3v) is 5.24. The molecule has 2 heteroatoms. The Hall–Kier alpha value is -2.87. The molecule has 0 saturated carbocycles. The van der Waals surface area contributed by atoms with E-state index in [9.17, 15) is 0 Å². The largest absolute Gasteiger partial charge is 0.345 e. The van der Waals surface area contributed by atoms with E-state index in [-0.39, 0.29) is 0 Å². The van der Waals surface area contributed by atoms with Gasteiger partial charge < -0.3 is 4.90 Å². The number of para-hydroxylation sites is 2. The molecule has 3 aromatic rings. The molecule has 136 valence electrons. The van der Waals surface area contributed by atoms with Crippen LogP contribution in [0.3, 0.4) is 0 Å². The molecule has 1 aliphatic rings. The first-order chi connectivity index (χ1) is 13.1. The summed E-state index contributed by atoms with van der Waals surface area (Å²) in [4.78, 5) is 2.34. The van der Waals surface area contributed by atoms with Gasteiger partial charge >= 0.3 is 0 Å². The molecule has 0 bridgehead atoms. The minimum absolute atomic E-state index is 0.437. The van der Waals surface area contributed by atoms with Gasteiger partial charge in [-0.05, 0) is 63.1 Å². The average molecular weight is 356 g/mol. The Balaban J connectivity index is 1.88. The number of anilines is 1. The molecule has 0 saturated heterocycles. The van der Waals surface area contributed by atoms with Crippen molar-refractivity contribution in [1.29, 1.82) is 0 Å². The third kappa shape index (κ3) is 3.16. The lowest BCUT2D eigenvalue weighted by Crippen LogP contribution is -2.36. The number of nitrogens with zero attached hydrogens (tertiary/aromatic N) is 2. The highest BCUT2D eigenvalue weighted by Crippen LogP contribution is 2.35. The van der Waals surface area contributed by atoms with Crippen molar-refractivity contribution < 1.29 is 4.57 Å².